The van der Waals surface area contributed by atoms with E-state index in [0.717, 1.165) is 11.1 Å². The molecule has 2 saturated heterocycles. The van der Waals surface area contributed by atoms with Gasteiger partial charge >= 0.3 is 0 Å². The van der Waals surface area contributed by atoms with Gasteiger partial charge in [0.05, 0.1) is 35.7 Å². The summed E-state index contributed by atoms with van der Waals surface area (Å²) in [5, 5.41) is 32.0. The predicted octanol–water partition coefficient (Wildman–Crippen LogP) is 3.70. The van der Waals surface area contributed by atoms with Gasteiger partial charge in [0.15, 0.2) is 0 Å². The summed E-state index contributed by atoms with van der Waals surface area (Å²) in [6.45, 7) is 7.33. The van der Waals surface area contributed by atoms with Crippen LogP contribution in [0.2, 0.25) is 0 Å². The summed E-state index contributed by atoms with van der Waals surface area (Å²) in [4.78, 5) is 64.0. The van der Waals surface area contributed by atoms with E-state index in [1.54, 1.807) is 49.9 Å². The number of fused-ring (bicyclic) bond motifs is 2. The van der Waals surface area contributed by atoms with Crippen LogP contribution >= 0.6 is 0 Å². The molecule has 6 rings (SSSR count). The normalized spacial score (nSPS) is 21.8. The number of carbonyl (C=O) groups is 4. The largest absolute Gasteiger partial charge is 0.391 e. The van der Waals surface area contributed by atoms with Crippen molar-refractivity contribution in [2.24, 2.45) is 5.92 Å². The lowest BCUT2D eigenvalue weighted by Gasteiger charge is -2.30. The van der Waals surface area contributed by atoms with Gasteiger partial charge in [0.2, 0.25) is 17.7 Å². The fourth-order valence-corrected chi connectivity index (χ4v) is 8.68. The van der Waals surface area contributed by atoms with Crippen LogP contribution < -0.4 is 16.0 Å². The monoisotopic (exact) mass is 805 g/mol. The lowest BCUT2D eigenvalue weighted by molar-refractivity contribution is -0.139. The molecule has 2 fully saturated rings. The maximum atomic E-state index is 14.8. The third kappa shape index (κ3) is 8.82. The van der Waals surface area contributed by atoms with Crippen LogP contribution in [-0.2, 0) is 32.0 Å². The molecule has 0 unspecified atom stereocenters. The number of aliphatic hydroxyl groups excluding tert-OH is 2. The lowest BCUT2D eigenvalue weighted by atomic mass is 9.93. The second-order valence-electron chi connectivity index (χ2n) is 16.1. The van der Waals surface area contributed by atoms with Crippen LogP contribution in [0.3, 0.4) is 0 Å². The highest BCUT2D eigenvalue weighted by Crippen LogP contribution is 2.40. The van der Waals surface area contributed by atoms with E-state index in [9.17, 15) is 38.2 Å². The Hall–Kier alpha value is -4.70. The highest BCUT2D eigenvalue weighted by atomic mass is 19.1. The van der Waals surface area contributed by atoms with Gasteiger partial charge in [0, 0.05) is 59.3 Å². The van der Waals surface area contributed by atoms with Crippen molar-refractivity contribution in [2.45, 2.75) is 115 Å². The Bertz CT molecular complexity index is 2000. The Labute approximate surface area is 337 Å². The molecular weight excluding hydrogens is 749 g/mol. The number of benzene rings is 2. The third-order valence-corrected chi connectivity index (χ3v) is 12.3. The van der Waals surface area contributed by atoms with E-state index >= 15 is 0 Å². The number of aromatic amines is 2. The van der Waals surface area contributed by atoms with Crippen molar-refractivity contribution < 1.29 is 38.2 Å². The van der Waals surface area contributed by atoms with E-state index in [2.05, 4.69) is 25.9 Å². The van der Waals surface area contributed by atoms with E-state index in [0.29, 0.717) is 52.5 Å². The van der Waals surface area contributed by atoms with E-state index in [-0.39, 0.29) is 62.3 Å². The number of Topliss-reactive ketones (excluding diaryl/α,β-unsaturated/α-hetero) is 1. The van der Waals surface area contributed by atoms with Gasteiger partial charge in [-0.15, -0.1) is 0 Å². The van der Waals surface area contributed by atoms with Crippen molar-refractivity contribution >= 4 is 45.3 Å². The number of nitrogens with one attached hydrogen (secondary N) is 5. The predicted molar refractivity (Wildman–Crippen MR) is 218 cm³/mol. The second kappa shape index (κ2) is 18.1. The molecule has 58 heavy (non-hydrogen) atoms. The minimum atomic E-state index is -0.813. The number of aliphatic hydroxyl groups is 2. The summed E-state index contributed by atoms with van der Waals surface area (Å²) in [5.74, 6) is -2.40. The van der Waals surface area contributed by atoms with Crippen molar-refractivity contribution in [1.82, 2.24) is 35.7 Å². The zero-order chi connectivity index (χ0) is 42.0. The van der Waals surface area contributed by atoms with Crippen molar-refractivity contribution in [3.63, 3.8) is 0 Å². The summed E-state index contributed by atoms with van der Waals surface area (Å²) in [6.07, 6.45) is 0.360. The molecule has 15 heteroatoms. The second-order valence-corrected chi connectivity index (χ2v) is 16.1. The molecule has 4 heterocycles. The van der Waals surface area contributed by atoms with Gasteiger partial charge in [-0.05, 0) is 114 Å². The van der Waals surface area contributed by atoms with Gasteiger partial charge < -0.3 is 45.9 Å². The van der Waals surface area contributed by atoms with Crippen molar-refractivity contribution in [1.29, 1.82) is 0 Å². The first kappa shape index (κ1) is 42.9. The number of hydrogen-bond acceptors (Lipinski definition) is 8. The number of amides is 3. The number of nitrogens with zero attached hydrogens (tertiary/aromatic N) is 2. The molecule has 0 saturated carbocycles. The number of hydrogen-bond donors (Lipinski definition) is 7. The minimum absolute atomic E-state index is 0.0685. The quantitative estimate of drug-likeness (QED) is 0.0895. The topological polar surface area (TPSA) is 183 Å². The van der Waals surface area contributed by atoms with Crippen LogP contribution in [0.15, 0.2) is 36.4 Å². The Morgan fingerprint density at radius 1 is 0.759 bits per heavy atom. The zero-order valence-electron chi connectivity index (χ0n) is 34.1. The molecule has 0 spiro atoms. The number of likely N-dealkylation sites (tertiary alicyclic amines) is 2. The molecule has 3 amide bonds. The number of H-pyrrole nitrogens is 2. The summed E-state index contributed by atoms with van der Waals surface area (Å²) >= 11 is 0. The summed E-state index contributed by atoms with van der Waals surface area (Å²) in [6, 6.07) is 6.17. The fraction of sp³-hybridized carbons (Fsp3) is 0.535. The summed E-state index contributed by atoms with van der Waals surface area (Å²) in [7, 11) is 3.35. The SMILES string of the molecule is CC[C@H](CC(=O)[C@H](C)NC)C(=O)N1C[C@@H](O)C[C@H]1Cc1c(-c2[nH]c3cc(F)ccc3c2C[C@@H]2C[C@H](O)CN2C(=O)[C@H](CC)NC(=O)[C@H](C)NC)[nH]c2cc(F)ccc12. The molecule has 4 aromatic rings. The van der Waals surface area contributed by atoms with Crippen molar-refractivity contribution in [3.8, 4) is 11.4 Å². The number of rotatable bonds is 16. The Morgan fingerprint density at radius 2 is 1.24 bits per heavy atom. The first-order valence-corrected chi connectivity index (χ1v) is 20.4. The highest BCUT2D eigenvalue weighted by Gasteiger charge is 2.41. The standard InChI is InChI=1S/C43H57F2N7O6/c1-7-24(13-38(55)22(3)46-5)42(57)51-20-29(53)16-27(51)18-33-31-11-9-25(44)14-36(31)48-39(33)40-34(32-12-10-26(45)15-37(32)49-40)19-28-17-30(54)21-52(28)43(58)35(8-2)50-41(56)23(4)47-6/h9-12,14-15,22-24,27-30,35,46-49,53-54H,7-8,13,16-21H2,1-6H3,(H,50,56)/t22-,23-,24+,27-,28-,29-,30-,35-/m0/s1. The average molecular weight is 806 g/mol. The van der Waals surface area contributed by atoms with E-state index in [1.807, 2.05) is 13.8 Å². The molecule has 0 aliphatic carbocycles. The molecule has 2 aliphatic rings. The summed E-state index contributed by atoms with van der Waals surface area (Å²) in [5.41, 5.74) is 3.65. The maximum absolute atomic E-state index is 14.8. The number of β-amino-alcohol motifs (C(OH)–C–C–N with tert-alkyl or cyclic N) is 2. The molecule has 2 aromatic carbocycles. The van der Waals surface area contributed by atoms with Crippen LogP contribution in [0.25, 0.3) is 33.2 Å². The molecule has 7 N–H and O–H groups in total. The molecule has 0 radical (unpaired) electrons. The van der Waals surface area contributed by atoms with Crippen LogP contribution in [-0.4, -0.2) is 123 Å². The van der Waals surface area contributed by atoms with E-state index in [4.69, 9.17) is 0 Å². The molecule has 8 atom stereocenters. The number of carbonyl (C=O) groups excluding carboxylic acids is 4. The van der Waals surface area contributed by atoms with Crippen LogP contribution in [0, 0.1) is 17.6 Å². The van der Waals surface area contributed by atoms with Gasteiger partial charge in [-0.3, -0.25) is 19.2 Å². The molecule has 0 bridgehead atoms. The molecule has 2 aromatic heterocycles. The lowest BCUT2D eigenvalue weighted by Crippen LogP contribution is -2.53. The Kier molecular flexibility index (Phi) is 13.4. The molecular formula is C43H57F2N7O6. The molecule has 13 nitrogen and oxygen atoms in total. The fourth-order valence-electron chi connectivity index (χ4n) is 8.68. The van der Waals surface area contributed by atoms with Crippen molar-refractivity contribution in [3.05, 3.63) is 59.2 Å². The van der Waals surface area contributed by atoms with Crippen LogP contribution in [0.1, 0.15) is 70.9 Å². The van der Waals surface area contributed by atoms with Gasteiger partial charge in [-0.2, -0.15) is 0 Å². The number of halogens is 2. The maximum Gasteiger partial charge on any atom is 0.245 e. The van der Waals surface area contributed by atoms with Gasteiger partial charge in [0.1, 0.15) is 23.5 Å². The highest BCUT2D eigenvalue weighted by molar-refractivity contribution is 5.97. The Morgan fingerprint density at radius 3 is 1.69 bits per heavy atom. The molecule has 314 valence electrons. The van der Waals surface area contributed by atoms with Crippen molar-refractivity contribution in [2.75, 3.05) is 27.2 Å². The van der Waals surface area contributed by atoms with Gasteiger partial charge in [-0.1, -0.05) is 13.8 Å². The average Bonchev–Trinajstić information content (AvgIpc) is 3.96. The molecule has 2 aliphatic heterocycles. The summed E-state index contributed by atoms with van der Waals surface area (Å²) < 4.78 is 29.6. The van der Waals surface area contributed by atoms with Crippen LogP contribution in [0.4, 0.5) is 8.78 Å². The smallest absolute Gasteiger partial charge is 0.245 e. The number of aromatic nitrogens is 2. The van der Waals surface area contributed by atoms with E-state index in [1.165, 1.54) is 24.3 Å². The van der Waals surface area contributed by atoms with Gasteiger partial charge in [0.25, 0.3) is 0 Å². The van der Waals surface area contributed by atoms with Gasteiger partial charge in [-0.25, -0.2) is 8.78 Å². The number of ketones is 1. The zero-order valence-corrected chi connectivity index (χ0v) is 34.1. The first-order valence-electron chi connectivity index (χ1n) is 20.4. The third-order valence-electron chi connectivity index (χ3n) is 12.3. The minimum Gasteiger partial charge on any atom is -0.391 e. The van der Waals surface area contributed by atoms with Crippen LogP contribution in [0.5, 0.6) is 0 Å². The number of likely N-dealkylation sites (N-methyl/N-ethyl adjacent to an activating group) is 2. The van der Waals surface area contributed by atoms with E-state index < -0.39 is 60.0 Å². The Balaban J connectivity index is 1.40. The first-order chi connectivity index (χ1) is 27.7.